The van der Waals surface area contributed by atoms with Gasteiger partial charge in [-0.1, -0.05) is 5.16 Å². The second-order valence-corrected chi connectivity index (χ2v) is 3.38. The Morgan fingerprint density at radius 1 is 1.53 bits per heavy atom. The monoisotopic (exact) mass is 253 g/mol. The summed E-state index contributed by atoms with van der Waals surface area (Å²) in [5, 5.41) is 11.9. The molecule has 1 aromatic rings. The fourth-order valence-corrected chi connectivity index (χ4v) is 1.22. The van der Waals surface area contributed by atoms with E-state index in [4.69, 9.17) is 5.11 Å². The highest BCUT2D eigenvalue weighted by Gasteiger charge is 2.32. The van der Waals surface area contributed by atoms with Gasteiger partial charge < -0.3 is 9.63 Å². The molecule has 0 saturated carbocycles. The van der Waals surface area contributed by atoms with E-state index >= 15 is 0 Å². The number of aliphatic carboxylic acids is 1. The van der Waals surface area contributed by atoms with E-state index in [-0.39, 0.29) is 18.3 Å². The first-order valence-corrected chi connectivity index (χ1v) is 4.56. The summed E-state index contributed by atoms with van der Waals surface area (Å²) < 4.78 is 41.1. The maximum absolute atomic E-state index is 12.2. The van der Waals surface area contributed by atoms with E-state index in [1.807, 2.05) is 0 Å². The molecule has 6 nitrogen and oxygen atoms in total. The Bertz CT molecular complexity index is 391. The maximum Gasteiger partial charge on any atom is 0.401 e. The minimum absolute atomic E-state index is 0.0213. The molecule has 0 unspecified atom stereocenters. The molecule has 1 rings (SSSR count). The Kier molecular flexibility index (Phi) is 4.05. The van der Waals surface area contributed by atoms with Crippen molar-refractivity contribution >= 4 is 5.97 Å². The normalized spacial score (nSPS) is 12.1. The van der Waals surface area contributed by atoms with Gasteiger partial charge in [0.15, 0.2) is 5.82 Å². The van der Waals surface area contributed by atoms with Crippen molar-refractivity contribution in [2.75, 3.05) is 13.1 Å². The Morgan fingerprint density at radius 3 is 2.59 bits per heavy atom. The Labute approximate surface area is 94.0 Å². The molecule has 0 aromatic carbocycles. The first-order chi connectivity index (χ1) is 7.76. The van der Waals surface area contributed by atoms with Crippen molar-refractivity contribution in [3.63, 3.8) is 0 Å². The number of carbonyl (C=O) groups is 1. The van der Waals surface area contributed by atoms with E-state index in [9.17, 15) is 18.0 Å². The van der Waals surface area contributed by atoms with Crippen molar-refractivity contribution in [3.8, 4) is 0 Å². The summed E-state index contributed by atoms with van der Waals surface area (Å²) in [5.41, 5.74) is 0. The third kappa shape index (κ3) is 5.29. The second kappa shape index (κ2) is 5.13. The third-order valence-electron chi connectivity index (χ3n) is 1.70. The third-order valence-corrected chi connectivity index (χ3v) is 1.70. The molecular weight excluding hydrogens is 243 g/mol. The van der Waals surface area contributed by atoms with Gasteiger partial charge in [-0.25, -0.2) is 0 Å². The fourth-order valence-electron chi connectivity index (χ4n) is 1.22. The summed E-state index contributed by atoms with van der Waals surface area (Å²) in [5.74, 6) is -1.12. The molecule has 0 spiro atoms. The average Bonchev–Trinajstić information content (AvgIpc) is 2.46. The van der Waals surface area contributed by atoms with Crippen LogP contribution in [0.5, 0.6) is 0 Å². The highest BCUT2D eigenvalue weighted by atomic mass is 19.4. The van der Waals surface area contributed by atoms with Crippen molar-refractivity contribution in [3.05, 3.63) is 11.7 Å². The number of rotatable bonds is 5. The molecule has 17 heavy (non-hydrogen) atoms. The van der Waals surface area contributed by atoms with Crippen molar-refractivity contribution < 1.29 is 27.6 Å². The lowest BCUT2D eigenvalue weighted by atomic mass is 10.4. The van der Waals surface area contributed by atoms with Crippen LogP contribution in [0.15, 0.2) is 4.52 Å². The van der Waals surface area contributed by atoms with E-state index in [1.165, 1.54) is 6.92 Å². The van der Waals surface area contributed by atoms with Crippen molar-refractivity contribution in [2.45, 2.75) is 19.6 Å². The second-order valence-electron chi connectivity index (χ2n) is 3.38. The van der Waals surface area contributed by atoms with Gasteiger partial charge in [0.05, 0.1) is 19.6 Å². The summed E-state index contributed by atoms with van der Waals surface area (Å²) in [6, 6.07) is 0. The average molecular weight is 253 g/mol. The number of alkyl halides is 3. The van der Waals surface area contributed by atoms with Gasteiger partial charge in [0.2, 0.25) is 5.89 Å². The molecule has 0 aliphatic heterocycles. The number of hydrogen-bond donors (Lipinski definition) is 1. The lowest BCUT2D eigenvalue weighted by Gasteiger charge is -2.19. The van der Waals surface area contributed by atoms with Crippen LogP contribution in [0.4, 0.5) is 13.2 Å². The van der Waals surface area contributed by atoms with E-state index in [2.05, 4.69) is 14.7 Å². The van der Waals surface area contributed by atoms with Crippen LogP contribution >= 0.6 is 0 Å². The summed E-state index contributed by atoms with van der Waals surface area (Å²) >= 11 is 0. The van der Waals surface area contributed by atoms with Gasteiger partial charge in [-0.15, -0.1) is 0 Å². The van der Waals surface area contributed by atoms with Crippen LogP contribution in [0.25, 0.3) is 0 Å². The number of hydrogen-bond acceptors (Lipinski definition) is 5. The quantitative estimate of drug-likeness (QED) is 0.837. The van der Waals surface area contributed by atoms with Gasteiger partial charge >= 0.3 is 12.1 Å². The van der Waals surface area contributed by atoms with E-state index < -0.39 is 25.2 Å². The topological polar surface area (TPSA) is 79.5 Å². The van der Waals surface area contributed by atoms with Crippen LogP contribution in [0, 0.1) is 6.92 Å². The minimum atomic E-state index is -4.48. The van der Waals surface area contributed by atoms with Crippen LogP contribution in [0.3, 0.4) is 0 Å². The van der Waals surface area contributed by atoms with Gasteiger partial charge in [-0.2, -0.15) is 18.2 Å². The van der Waals surface area contributed by atoms with Crippen molar-refractivity contribution in [1.29, 1.82) is 0 Å². The van der Waals surface area contributed by atoms with Gasteiger partial charge in [0.1, 0.15) is 0 Å². The largest absolute Gasteiger partial charge is 0.480 e. The number of carboxylic acids is 1. The zero-order chi connectivity index (χ0) is 13.1. The summed E-state index contributed by atoms with van der Waals surface area (Å²) in [6.07, 6.45) is -4.48. The molecule has 1 heterocycles. The van der Waals surface area contributed by atoms with E-state index in [1.54, 1.807) is 0 Å². The van der Waals surface area contributed by atoms with Crippen LogP contribution in [0.2, 0.25) is 0 Å². The molecule has 1 aromatic heterocycles. The summed E-state index contributed by atoms with van der Waals surface area (Å²) in [6.45, 7) is -0.926. The first kappa shape index (κ1) is 13.4. The molecule has 0 radical (unpaired) electrons. The Hall–Kier alpha value is -1.64. The van der Waals surface area contributed by atoms with Crippen molar-refractivity contribution in [2.24, 2.45) is 0 Å². The molecule has 0 aliphatic rings. The Balaban J connectivity index is 2.66. The number of halogens is 3. The zero-order valence-electron chi connectivity index (χ0n) is 8.86. The lowest BCUT2D eigenvalue weighted by Crippen LogP contribution is -2.37. The first-order valence-electron chi connectivity index (χ1n) is 4.56. The van der Waals surface area contributed by atoms with Gasteiger partial charge in [-0.05, 0) is 0 Å². The molecular formula is C8H10F3N3O3. The van der Waals surface area contributed by atoms with Crippen LogP contribution in [-0.2, 0) is 11.3 Å². The SMILES string of the molecule is Cc1nc(CN(CC(=O)O)CC(F)(F)F)no1. The summed E-state index contributed by atoms with van der Waals surface area (Å²) in [7, 11) is 0. The number of carboxylic acid groups (broad SMARTS) is 1. The maximum atomic E-state index is 12.2. The van der Waals surface area contributed by atoms with Gasteiger partial charge in [0.25, 0.3) is 0 Å². The summed E-state index contributed by atoms with van der Waals surface area (Å²) in [4.78, 5) is 14.8. The standard InChI is InChI=1S/C8H10F3N3O3/c1-5-12-6(13-17-5)2-14(3-7(15)16)4-8(9,10)11/h2-4H2,1H3,(H,15,16). The molecule has 0 aliphatic carbocycles. The molecule has 0 bridgehead atoms. The lowest BCUT2D eigenvalue weighted by molar-refractivity contribution is -0.155. The molecule has 9 heteroatoms. The predicted molar refractivity (Wildman–Crippen MR) is 48.0 cm³/mol. The highest BCUT2D eigenvalue weighted by Crippen LogP contribution is 2.17. The molecule has 0 atom stereocenters. The smallest absolute Gasteiger partial charge is 0.401 e. The molecule has 0 amide bonds. The molecule has 0 saturated heterocycles. The number of aromatic nitrogens is 2. The zero-order valence-corrected chi connectivity index (χ0v) is 8.86. The molecule has 1 N–H and O–H groups in total. The van der Waals surface area contributed by atoms with E-state index in [0.717, 1.165) is 0 Å². The van der Waals surface area contributed by atoms with Crippen LogP contribution < -0.4 is 0 Å². The molecule has 0 fully saturated rings. The predicted octanol–water partition coefficient (Wildman–Crippen LogP) is 0.827. The number of aryl methyl sites for hydroxylation is 1. The van der Waals surface area contributed by atoms with Crippen LogP contribution in [-0.4, -0.2) is 45.4 Å². The van der Waals surface area contributed by atoms with E-state index in [0.29, 0.717) is 4.90 Å². The Morgan fingerprint density at radius 2 is 2.18 bits per heavy atom. The van der Waals surface area contributed by atoms with Gasteiger partial charge in [0, 0.05) is 6.92 Å². The van der Waals surface area contributed by atoms with Crippen LogP contribution in [0.1, 0.15) is 11.7 Å². The minimum Gasteiger partial charge on any atom is -0.480 e. The molecule has 96 valence electrons. The number of nitrogens with zero attached hydrogens (tertiary/aromatic N) is 3. The van der Waals surface area contributed by atoms with Crippen molar-refractivity contribution in [1.82, 2.24) is 15.0 Å². The fraction of sp³-hybridized carbons (Fsp3) is 0.625. The van der Waals surface area contributed by atoms with Gasteiger partial charge in [-0.3, -0.25) is 9.69 Å². The highest BCUT2D eigenvalue weighted by molar-refractivity contribution is 5.69.